The highest BCUT2D eigenvalue weighted by Gasteiger charge is 2.40. The first kappa shape index (κ1) is 35.1. The average Bonchev–Trinajstić information content (AvgIpc) is 3.43. The first-order valence-corrected chi connectivity index (χ1v) is 14.6. The smallest absolute Gasteiger partial charge is 0.420 e. The minimum atomic E-state index is -4.87. The van der Waals surface area contributed by atoms with Gasteiger partial charge in [-0.15, -0.1) is 13.2 Å². The Morgan fingerprint density at radius 1 is 1.11 bits per heavy atom. The Morgan fingerprint density at radius 2 is 1.82 bits per heavy atom. The van der Waals surface area contributed by atoms with Crippen LogP contribution in [0.2, 0.25) is 0 Å². The summed E-state index contributed by atoms with van der Waals surface area (Å²) in [5, 5.41) is 2.22. The molecular weight excluding hydrogens is 591 g/mol. The second-order valence-electron chi connectivity index (χ2n) is 11.5. The van der Waals surface area contributed by atoms with Crippen LogP contribution in [0.1, 0.15) is 74.5 Å². The molecule has 3 N–H and O–H groups in total. The molecular formula is C32H40F3N5O5. The molecule has 1 unspecified atom stereocenters. The second-order valence-corrected chi connectivity index (χ2v) is 11.5. The van der Waals surface area contributed by atoms with E-state index in [4.69, 9.17) is 9.47 Å². The number of ether oxygens (including phenoxy) is 2. The second kappa shape index (κ2) is 15.6. The Bertz CT molecular complexity index is 1360. The normalized spacial score (nSPS) is 15.6. The van der Waals surface area contributed by atoms with E-state index in [0.29, 0.717) is 31.7 Å². The van der Waals surface area contributed by atoms with Crippen LogP contribution < -0.4 is 21.1 Å². The van der Waals surface area contributed by atoms with Crippen LogP contribution in [0.5, 0.6) is 0 Å². The number of nitrogens with one attached hydrogen (secondary N) is 3. The summed E-state index contributed by atoms with van der Waals surface area (Å²) in [4.78, 5) is 44.7. The number of allylic oxidation sites excluding steroid dienone is 1. The fourth-order valence-electron chi connectivity index (χ4n) is 4.75. The van der Waals surface area contributed by atoms with E-state index in [1.165, 1.54) is 4.90 Å². The van der Waals surface area contributed by atoms with Gasteiger partial charge in [-0.05, 0) is 64.5 Å². The number of hydrogen-bond donors (Lipinski definition) is 3. The Labute approximate surface area is 261 Å². The largest absolute Gasteiger partial charge is 0.444 e. The van der Waals surface area contributed by atoms with Gasteiger partial charge in [-0.3, -0.25) is 25.8 Å². The number of carbonyl (C=O) groups excluding carboxylic acids is 3. The summed E-state index contributed by atoms with van der Waals surface area (Å²) >= 11 is 0. The number of nitrogens with zero attached hydrogens (tertiary/aromatic N) is 2. The fourth-order valence-corrected chi connectivity index (χ4v) is 4.75. The zero-order valence-electron chi connectivity index (χ0n) is 25.7. The molecule has 1 aromatic heterocycles. The highest BCUT2D eigenvalue weighted by Crippen LogP contribution is 2.40. The van der Waals surface area contributed by atoms with E-state index in [0.717, 1.165) is 5.56 Å². The molecule has 1 aromatic carbocycles. The Kier molecular flexibility index (Phi) is 12.1. The Balaban J connectivity index is 1.93. The maximum atomic E-state index is 14.4. The number of hydrazine groups is 1. The lowest BCUT2D eigenvalue weighted by Crippen LogP contribution is -2.47. The molecule has 1 fully saturated rings. The number of benzene rings is 1. The van der Waals surface area contributed by atoms with Crippen LogP contribution in [0, 0.1) is 0 Å². The number of carbonyl (C=O) groups is 3. The standard InChI is InChI=1S/C32H40F3N5O5/c1-6-8-17-25(44-20-21-14-10-9-11-15-21)28(41)38-39-29(42)26-24(36-30(43)45-31(3,4)5)19-23(32(33,34)35)27(37-26)40-18-12-16-22(40)13-7-2/h6-7,9-11,14-15,19,22,25H,1-2,8,12-13,16-18,20H2,3-5H3,(H,36,43)(H,38,41)(H,39,42)/t22-,25?/m1/s1. The van der Waals surface area contributed by atoms with Crippen molar-refractivity contribution in [2.75, 3.05) is 16.8 Å². The van der Waals surface area contributed by atoms with Crippen molar-refractivity contribution in [3.05, 3.63) is 78.5 Å². The number of pyridine rings is 1. The Hall–Kier alpha value is -4.39. The summed E-state index contributed by atoms with van der Waals surface area (Å²) in [6.45, 7) is 12.5. The third-order valence-electron chi connectivity index (χ3n) is 6.77. The lowest BCUT2D eigenvalue weighted by atomic mass is 10.1. The third kappa shape index (κ3) is 10.3. The zero-order valence-corrected chi connectivity index (χ0v) is 25.7. The Morgan fingerprint density at radius 3 is 2.44 bits per heavy atom. The molecule has 2 heterocycles. The van der Waals surface area contributed by atoms with Gasteiger partial charge in [0.25, 0.3) is 11.8 Å². The van der Waals surface area contributed by atoms with E-state index in [9.17, 15) is 27.6 Å². The number of rotatable bonds is 12. The molecule has 3 rings (SSSR count). The first-order valence-electron chi connectivity index (χ1n) is 14.6. The van der Waals surface area contributed by atoms with Gasteiger partial charge in [0.15, 0.2) is 5.69 Å². The molecule has 0 radical (unpaired) electrons. The third-order valence-corrected chi connectivity index (χ3v) is 6.77. The first-order chi connectivity index (χ1) is 21.2. The minimum Gasteiger partial charge on any atom is -0.444 e. The minimum absolute atomic E-state index is 0.125. The predicted molar refractivity (Wildman–Crippen MR) is 164 cm³/mol. The molecule has 1 aliphatic rings. The zero-order chi connectivity index (χ0) is 33.2. The van der Waals surface area contributed by atoms with Crippen molar-refractivity contribution in [3.8, 4) is 0 Å². The summed E-state index contributed by atoms with van der Waals surface area (Å²) in [7, 11) is 0. The van der Waals surface area contributed by atoms with Gasteiger partial charge in [0, 0.05) is 12.6 Å². The van der Waals surface area contributed by atoms with Gasteiger partial charge < -0.3 is 14.4 Å². The summed E-state index contributed by atoms with van der Waals surface area (Å²) < 4.78 is 54.1. The van der Waals surface area contributed by atoms with Crippen LogP contribution in [-0.4, -0.2) is 47.2 Å². The molecule has 1 aliphatic heterocycles. The molecule has 45 heavy (non-hydrogen) atoms. The van der Waals surface area contributed by atoms with Gasteiger partial charge in [-0.2, -0.15) is 13.2 Å². The highest BCUT2D eigenvalue weighted by molar-refractivity contribution is 6.02. The molecule has 10 nitrogen and oxygen atoms in total. The van der Waals surface area contributed by atoms with Crippen molar-refractivity contribution in [2.45, 2.75) is 83.4 Å². The molecule has 3 amide bonds. The average molecular weight is 632 g/mol. The van der Waals surface area contributed by atoms with Crippen LogP contribution >= 0.6 is 0 Å². The van der Waals surface area contributed by atoms with Crippen molar-refractivity contribution < 1.29 is 37.0 Å². The van der Waals surface area contributed by atoms with Crippen LogP contribution in [0.25, 0.3) is 0 Å². The molecule has 0 spiro atoms. The van der Waals surface area contributed by atoms with Crippen LogP contribution in [0.4, 0.5) is 29.5 Å². The number of alkyl halides is 3. The van der Waals surface area contributed by atoms with Crippen LogP contribution in [0.15, 0.2) is 61.7 Å². The van der Waals surface area contributed by atoms with E-state index >= 15 is 0 Å². The van der Waals surface area contributed by atoms with Crippen molar-refractivity contribution in [1.82, 2.24) is 15.8 Å². The van der Waals surface area contributed by atoms with Gasteiger partial charge >= 0.3 is 12.3 Å². The van der Waals surface area contributed by atoms with Gasteiger partial charge in [0.2, 0.25) is 0 Å². The molecule has 1 saturated heterocycles. The van der Waals surface area contributed by atoms with E-state index in [1.54, 1.807) is 32.9 Å². The van der Waals surface area contributed by atoms with Crippen molar-refractivity contribution >= 4 is 29.4 Å². The van der Waals surface area contributed by atoms with Crippen molar-refractivity contribution in [3.63, 3.8) is 0 Å². The van der Waals surface area contributed by atoms with Crippen molar-refractivity contribution in [2.24, 2.45) is 0 Å². The molecule has 244 valence electrons. The van der Waals surface area contributed by atoms with E-state index in [-0.39, 0.29) is 25.6 Å². The molecule has 13 heteroatoms. The quantitative estimate of drug-likeness (QED) is 0.186. The summed E-state index contributed by atoms with van der Waals surface area (Å²) in [5.74, 6) is -2.22. The predicted octanol–water partition coefficient (Wildman–Crippen LogP) is 6.30. The number of aromatic nitrogens is 1. The number of halogens is 3. The lowest BCUT2D eigenvalue weighted by molar-refractivity contribution is -0.137. The van der Waals surface area contributed by atoms with E-state index in [2.05, 4.69) is 34.3 Å². The molecule has 0 aliphatic carbocycles. The molecule has 2 aromatic rings. The molecule has 0 saturated carbocycles. The van der Waals surface area contributed by atoms with E-state index < -0.39 is 58.6 Å². The summed E-state index contributed by atoms with van der Waals surface area (Å²) in [6, 6.07) is 9.50. The van der Waals surface area contributed by atoms with Gasteiger partial charge in [0.1, 0.15) is 23.1 Å². The maximum Gasteiger partial charge on any atom is 0.420 e. The van der Waals surface area contributed by atoms with Gasteiger partial charge in [-0.25, -0.2) is 9.78 Å². The van der Waals surface area contributed by atoms with Gasteiger partial charge in [0.05, 0.1) is 12.3 Å². The topological polar surface area (TPSA) is 122 Å². The molecule has 0 bridgehead atoms. The van der Waals surface area contributed by atoms with Crippen molar-refractivity contribution in [1.29, 1.82) is 0 Å². The van der Waals surface area contributed by atoms with Gasteiger partial charge in [-0.1, -0.05) is 42.5 Å². The number of anilines is 2. The van der Waals surface area contributed by atoms with Crippen LogP contribution in [-0.2, 0) is 27.1 Å². The number of hydrogen-bond acceptors (Lipinski definition) is 7. The number of amides is 3. The highest BCUT2D eigenvalue weighted by atomic mass is 19.4. The maximum absolute atomic E-state index is 14.4. The SMILES string of the molecule is C=CCCC(OCc1ccccc1)C(=O)NNC(=O)c1nc(N2CCC[C@H]2CC=C)c(C(F)(F)F)cc1NC(=O)OC(C)(C)C. The van der Waals surface area contributed by atoms with E-state index in [1.807, 2.05) is 30.3 Å². The fraction of sp³-hybridized carbons (Fsp3) is 0.438. The van der Waals surface area contributed by atoms with Crippen LogP contribution in [0.3, 0.4) is 0 Å². The molecule has 2 atom stereocenters. The summed E-state index contributed by atoms with van der Waals surface area (Å²) in [5.41, 5.74) is 2.10. The monoisotopic (exact) mass is 631 g/mol. The lowest BCUT2D eigenvalue weighted by Gasteiger charge is -2.29. The summed E-state index contributed by atoms with van der Waals surface area (Å²) in [6.07, 6.45) is -1.39.